The minimum Gasteiger partial charge on any atom is -0.355 e. The van der Waals surface area contributed by atoms with Gasteiger partial charge in [-0.1, -0.05) is 12.1 Å². The van der Waals surface area contributed by atoms with Crippen molar-refractivity contribution in [1.82, 2.24) is 9.97 Å². The van der Waals surface area contributed by atoms with Crippen LogP contribution in [0.2, 0.25) is 0 Å². The van der Waals surface area contributed by atoms with E-state index in [4.69, 9.17) is 11.1 Å². The zero-order valence-corrected chi connectivity index (χ0v) is 10.5. The van der Waals surface area contributed by atoms with Gasteiger partial charge in [-0.3, -0.25) is 5.43 Å². The van der Waals surface area contributed by atoms with Crippen LogP contribution >= 0.6 is 0 Å². The van der Waals surface area contributed by atoms with Crippen molar-refractivity contribution >= 4 is 11.8 Å². The summed E-state index contributed by atoms with van der Waals surface area (Å²) in [5.74, 6) is 6.41. The van der Waals surface area contributed by atoms with Gasteiger partial charge in [-0.25, -0.2) is 10.8 Å². The molecule has 0 saturated heterocycles. The molecule has 0 saturated carbocycles. The predicted octanol–water partition coefficient (Wildman–Crippen LogP) is 1.27. The number of aromatic nitrogens is 2. The Kier molecular flexibility index (Phi) is 3.90. The monoisotopic (exact) mass is 254 g/mol. The van der Waals surface area contributed by atoms with Crippen LogP contribution in [0, 0.1) is 11.3 Å². The Bertz CT molecular complexity index is 604. The van der Waals surface area contributed by atoms with Crippen molar-refractivity contribution in [1.29, 1.82) is 5.26 Å². The van der Waals surface area contributed by atoms with Gasteiger partial charge in [0.05, 0.1) is 11.6 Å². The molecule has 6 nitrogen and oxygen atoms in total. The maximum atomic E-state index is 8.88. The SMILES string of the molecule is CN(Cc1cccc(C#N)c1)c1ccnc(NN)n1. The lowest BCUT2D eigenvalue weighted by Gasteiger charge is -2.18. The molecule has 0 spiro atoms. The van der Waals surface area contributed by atoms with Crippen LogP contribution in [0.3, 0.4) is 0 Å². The van der Waals surface area contributed by atoms with E-state index in [1.807, 2.05) is 30.1 Å². The number of nitrogens with two attached hydrogens (primary N) is 1. The second-order valence-corrected chi connectivity index (χ2v) is 4.05. The van der Waals surface area contributed by atoms with Crippen molar-refractivity contribution in [3.8, 4) is 6.07 Å². The Morgan fingerprint density at radius 1 is 1.42 bits per heavy atom. The molecule has 0 aliphatic rings. The first-order valence-corrected chi connectivity index (χ1v) is 5.73. The zero-order valence-electron chi connectivity index (χ0n) is 10.5. The quantitative estimate of drug-likeness (QED) is 0.630. The van der Waals surface area contributed by atoms with Crippen LogP contribution in [-0.4, -0.2) is 17.0 Å². The van der Waals surface area contributed by atoms with Crippen LogP contribution in [0.25, 0.3) is 0 Å². The topological polar surface area (TPSA) is 90.9 Å². The maximum Gasteiger partial charge on any atom is 0.239 e. The van der Waals surface area contributed by atoms with Crippen molar-refractivity contribution in [2.45, 2.75) is 6.54 Å². The molecule has 0 fully saturated rings. The summed E-state index contributed by atoms with van der Waals surface area (Å²) < 4.78 is 0. The number of anilines is 2. The summed E-state index contributed by atoms with van der Waals surface area (Å²) in [6.45, 7) is 0.649. The molecule has 0 bridgehead atoms. The van der Waals surface area contributed by atoms with Gasteiger partial charge >= 0.3 is 0 Å². The molecular weight excluding hydrogens is 240 g/mol. The summed E-state index contributed by atoms with van der Waals surface area (Å²) in [5, 5.41) is 8.88. The highest BCUT2D eigenvalue weighted by Crippen LogP contribution is 2.14. The van der Waals surface area contributed by atoms with E-state index in [1.54, 1.807) is 18.3 Å². The Labute approximate surface area is 111 Å². The van der Waals surface area contributed by atoms with Crippen molar-refractivity contribution in [2.75, 3.05) is 17.4 Å². The molecule has 19 heavy (non-hydrogen) atoms. The number of hydrogen-bond acceptors (Lipinski definition) is 6. The lowest BCUT2D eigenvalue weighted by molar-refractivity contribution is 0.890. The molecule has 0 aliphatic carbocycles. The summed E-state index contributed by atoms with van der Waals surface area (Å²) in [7, 11) is 1.92. The first-order chi connectivity index (χ1) is 9.22. The average molecular weight is 254 g/mol. The second-order valence-electron chi connectivity index (χ2n) is 4.05. The molecule has 0 amide bonds. The fourth-order valence-corrected chi connectivity index (χ4v) is 1.73. The molecule has 1 aromatic carbocycles. The first-order valence-electron chi connectivity index (χ1n) is 5.73. The summed E-state index contributed by atoms with van der Waals surface area (Å²) in [6, 6.07) is 11.4. The van der Waals surface area contributed by atoms with E-state index in [9.17, 15) is 0 Å². The Morgan fingerprint density at radius 3 is 3.00 bits per heavy atom. The highest BCUT2D eigenvalue weighted by atomic mass is 15.3. The Morgan fingerprint density at radius 2 is 2.26 bits per heavy atom. The van der Waals surface area contributed by atoms with E-state index in [-0.39, 0.29) is 0 Å². The van der Waals surface area contributed by atoms with Crippen LogP contribution in [0.5, 0.6) is 0 Å². The van der Waals surface area contributed by atoms with Crippen LogP contribution in [0.1, 0.15) is 11.1 Å². The van der Waals surface area contributed by atoms with Gasteiger partial charge < -0.3 is 4.90 Å². The third kappa shape index (κ3) is 3.18. The van der Waals surface area contributed by atoms with Gasteiger partial charge in [0.2, 0.25) is 5.95 Å². The number of nitrogens with one attached hydrogen (secondary N) is 1. The normalized spacial score (nSPS) is 9.74. The molecule has 3 N–H and O–H groups in total. The van der Waals surface area contributed by atoms with Gasteiger partial charge in [0.25, 0.3) is 0 Å². The number of benzene rings is 1. The van der Waals surface area contributed by atoms with Crippen LogP contribution in [-0.2, 0) is 6.54 Å². The largest absolute Gasteiger partial charge is 0.355 e. The lowest BCUT2D eigenvalue weighted by atomic mass is 10.1. The fraction of sp³-hybridized carbons (Fsp3) is 0.154. The van der Waals surface area contributed by atoms with E-state index in [1.165, 1.54) is 0 Å². The predicted molar refractivity (Wildman–Crippen MR) is 73.1 cm³/mol. The van der Waals surface area contributed by atoms with Gasteiger partial charge in [0, 0.05) is 19.8 Å². The summed E-state index contributed by atoms with van der Waals surface area (Å²) in [4.78, 5) is 10.2. The van der Waals surface area contributed by atoms with E-state index in [0.29, 0.717) is 18.1 Å². The molecule has 2 aromatic rings. The van der Waals surface area contributed by atoms with Crippen molar-refractivity contribution in [2.24, 2.45) is 5.84 Å². The van der Waals surface area contributed by atoms with Gasteiger partial charge in [-0.15, -0.1) is 0 Å². The molecule has 0 aliphatic heterocycles. The van der Waals surface area contributed by atoms with Crippen molar-refractivity contribution in [3.05, 3.63) is 47.7 Å². The Hall–Kier alpha value is -2.65. The van der Waals surface area contributed by atoms with Gasteiger partial charge in [0.1, 0.15) is 5.82 Å². The average Bonchev–Trinajstić information content (AvgIpc) is 2.47. The van der Waals surface area contributed by atoms with E-state index in [0.717, 1.165) is 11.4 Å². The third-order valence-electron chi connectivity index (χ3n) is 2.64. The summed E-state index contributed by atoms with van der Waals surface area (Å²) in [5.41, 5.74) is 4.11. The summed E-state index contributed by atoms with van der Waals surface area (Å²) in [6.07, 6.45) is 1.64. The number of nitriles is 1. The van der Waals surface area contributed by atoms with Crippen molar-refractivity contribution in [3.63, 3.8) is 0 Å². The highest BCUT2D eigenvalue weighted by molar-refractivity contribution is 5.43. The van der Waals surface area contributed by atoms with Gasteiger partial charge in [-0.05, 0) is 23.8 Å². The summed E-state index contributed by atoms with van der Waals surface area (Å²) >= 11 is 0. The third-order valence-corrected chi connectivity index (χ3v) is 2.64. The smallest absolute Gasteiger partial charge is 0.239 e. The molecule has 0 atom stereocenters. The molecule has 1 heterocycles. The minimum absolute atomic E-state index is 0.370. The number of hydrogen-bond donors (Lipinski definition) is 2. The molecule has 96 valence electrons. The Balaban J connectivity index is 2.15. The number of nitrogens with zero attached hydrogens (tertiary/aromatic N) is 4. The standard InChI is InChI=1S/C13H14N6/c1-19(12-5-6-16-13(17-12)18-15)9-11-4-2-3-10(7-11)8-14/h2-7H,9,15H2,1H3,(H,16,17,18). The molecule has 0 unspecified atom stereocenters. The van der Waals surface area contributed by atoms with Crippen LogP contribution < -0.4 is 16.2 Å². The highest BCUT2D eigenvalue weighted by Gasteiger charge is 2.05. The van der Waals surface area contributed by atoms with E-state index < -0.39 is 0 Å². The lowest BCUT2D eigenvalue weighted by Crippen LogP contribution is -2.19. The number of hydrazine groups is 1. The van der Waals surface area contributed by atoms with Crippen LogP contribution in [0.4, 0.5) is 11.8 Å². The first kappa shape index (κ1) is 12.8. The van der Waals surface area contributed by atoms with E-state index in [2.05, 4.69) is 21.5 Å². The molecule has 1 aromatic heterocycles. The number of nitrogen functional groups attached to an aromatic ring is 1. The van der Waals surface area contributed by atoms with Gasteiger partial charge in [-0.2, -0.15) is 10.2 Å². The molecule has 2 rings (SSSR count). The molecule has 6 heteroatoms. The molecule has 0 radical (unpaired) electrons. The zero-order chi connectivity index (χ0) is 13.7. The van der Waals surface area contributed by atoms with Crippen LogP contribution in [0.15, 0.2) is 36.5 Å². The second kappa shape index (κ2) is 5.80. The molecular formula is C13H14N6. The van der Waals surface area contributed by atoms with Crippen molar-refractivity contribution < 1.29 is 0 Å². The van der Waals surface area contributed by atoms with Gasteiger partial charge in [0.15, 0.2) is 0 Å². The number of rotatable bonds is 4. The minimum atomic E-state index is 0.370. The maximum absolute atomic E-state index is 8.88. The van der Waals surface area contributed by atoms with E-state index >= 15 is 0 Å². The fourth-order valence-electron chi connectivity index (χ4n) is 1.73.